The molecular formula is C10H16N2O3. The van der Waals surface area contributed by atoms with Gasteiger partial charge in [-0.2, -0.15) is 0 Å². The van der Waals surface area contributed by atoms with E-state index in [9.17, 15) is 10.2 Å². The molecular weight excluding hydrogens is 196 g/mol. The number of hydrogen-bond acceptors (Lipinski definition) is 5. The van der Waals surface area contributed by atoms with Crippen LogP contribution >= 0.6 is 0 Å². The van der Waals surface area contributed by atoms with Gasteiger partial charge in [0.05, 0.1) is 12.7 Å². The highest BCUT2D eigenvalue weighted by atomic mass is 16.3. The van der Waals surface area contributed by atoms with Gasteiger partial charge >= 0.3 is 0 Å². The molecule has 1 rings (SSSR count). The first-order chi connectivity index (χ1) is 7.19. The molecule has 1 aromatic heterocycles. The SMILES string of the molecule is NCCC(O)C(O)c1cncc(CO)c1. The van der Waals surface area contributed by atoms with Crippen molar-refractivity contribution in [2.24, 2.45) is 5.73 Å². The number of aromatic nitrogens is 1. The van der Waals surface area contributed by atoms with Gasteiger partial charge in [0.25, 0.3) is 0 Å². The van der Waals surface area contributed by atoms with E-state index in [0.717, 1.165) is 0 Å². The Hall–Kier alpha value is -1.01. The highest BCUT2D eigenvalue weighted by molar-refractivity contribution is 5.20. The normalized spacial score (nSPS) is 14.9. The van der Waals surface area contributed by atoms with Crippen molar-refractivity contribution < 1.29 is 15.3 Å². The summed E-state index contributed by atoms with van der Waals surface area (Å²) in [6, 6.07) is 1.61. The van der Waals surface area contributed by atoms with Crippen molar-refractivity contribution in [2.75, 3.05) is 6.54 Å². The van der Waals surface area contributed by atoms with Crippen LogP contribution in [0.2, 0.25) is 0 Å². The summed E-state index contributed by atoms with van der Waals surface area (Å²) in [7, 11) is 0. The minimum atomic E-state index is -1.01. The molecule has 0 amide bonds. The Morgan fingerprint density at radius 1 is 1.33 bits per heavy atom. The van der Waals surface area contributed by atoms with Gasteiger partial charge in [0.2, 0.25) is 0 Å². The van der Waals surface area contributed by atoms with E-state index < -0.39 is 12.2 Å². The average molecular weight is 212 g/mol. The van der Waals surface area contributed by atoms with Gasteiger partial charge in [-0.1, -0.05) is 0 Å². The zero-order valence-electron chi connectivity index (χ0n) is 8.37. The van der Waals surface area contributed by atoms with Crippen LogP contribution in [0.1, 0.15) is 23.7 Å². The summed E-state index contributed by atoms with van der Waals surface area (Å²) >= 11 is 0. The Bertz CT molecular complexity index is 306. The Balaban J connectivity index is 2.76. The number of nitrogens with zero attached hydrogens (tertiary/aromatic N) is 1. The molecule has 5 nitrogen and oxygen atoms in total. The van der Waals surface area contributed by atoms with Crippen LogP contribution in [0.3, 0.4) is 0 Å². The quantitative estimate of drug-likeness (QED) is 0.518. The summed E-state index contributed by atoms with van der Waals surface area (Å²) in [6.07, 6.45) is 1.39. The van der Waals surface area contributed by atoms with E-state index in [1.165, 1.54) is 12.4 Å². The highest BCUT2D eigenvalue weighted by Crippen LogP contribution is 2.18. The largest absolute Gasteiger partial charge is 0.392 e. The van der Waals surface area contributed by atoms with Crippen molar-refractivity contribution in [3.8, 4) is 0 Å². The van der Waals surface area contributed by atoms with E-state index in [4.69, 9.17) is 10.8 Å². The molecule has 0 aromatic carbocycles. The molecule has 0 saturated carbocycles. The monoisotopic (exact) mass is 212 g/mol. The van der Waals surface area contributed by atoms with E-state index in [1.54, 1.807) is 6.07 Å². The van der Waals surface area contributed by atoms with Crippen molar-refractivity contribution in [3.05, 3.63) is 29.6 Å². The summed E-state index contributed by atoms with van der Waals surface area (Å²) in [4.78, 5) is 3.86. The number of pyridine rings is 1. The molecule has 0 fully saturated rings. The predicted molar refractivity (Wildman–Crippen MR) is 54.8 cm³/mol. The maximum absolute atomic E-state index is 9.71. The Morgan fingerprint density at radius 2 is 2.07 bits per heavy atom. The molecule has 2 atom stereocenters. The van der Waals surface area contributed by atoms with E-state index in [0.29, 0.717) is 24.1 Å². The van der Waals surface area contributed by atoms with Crippen LogP contribution in [-0.4, -0.2) is 33.0 Å². The molecule has 0 aliphatic heterocycles. The van der Waals surface area contributed by atoms with Crippen LogP contribution < -0.4 is 5.73 Å². The smallest absolute Gasteiger partial charge is 0.106 e. The van der Waals surface area contributed by atoms with Crippen molar-refractivity contribution in [1.82, 2.24) is 4.98 Å². The van der Waals surface area contributed by atoms with E-state index in [-0.39, 0.29) is 6.61 Å². The van der Waals surface area contributed by atoms with Crippen LogP contribution in [0.15, 0.2) is 18.5 Å². The van der Waals surface area contributed by atoms with Gasteiger partial charge < -0.3 is 21.1 Å². The lowest BCUT2D eigenvalue weighted by Gasteiger charge is -2.17. The minimum Gasteiger partial charge on any atom is -0.392 e. The summed E-state index contributed by atoms with van der Waals surface area (Å²) in [5.74, 6) is 0. The minimum absolute atomic E-state index is 0.138. The Morgan fingerprint density at radius 3 is 2.67 bits per heavy atom. The molecule has 0 aliphatic carbocycles. The number of nitrogens with two attached hydrogens (primary N) is 1. The Kier molecular flexibility index (Phi) is 4.64. The van der Waals surface area contributed by atoms with Gasteiger partial charge in [-0.05, 0) is 24.6 Å². The molecule has 0 bridgehead atoms. The van der Waals surface area contributed by atoms with Gasteiger partial charge in [0.15, 0.2) is 0 Å². The second-order valence-electron chi connectivity index (χ2n) is 3.37. The van der Waals surface area contributed by atoms with Gasteiger partial charge in [0, 0.05) is 18.0 Å². The molecule has 5 heteroatoms. The lowest BCUT2D eigenvalue weighted by atomic mass is 10.0. The summed E-state index contributed by atoms with van der Waals surface area (Å²) in [6.45, 7) is 0.173. The molecule has 1 aromatic rings. The van der Waals surface area contributed by atoms with Crippen LogP contribution in [-0.2, 0) is 6.61 Å². The van der Waals surface area contributed by atoms with E-state index >= 15 is 0 Å². The lowest BCUT2D eigenvalue weighted by molar-refractivity contribution is 0.0147. The molecule has 0 aliphatic rings. The molecule has 1 heterocycles. The van der Waals surface area contributed by atoms with Crippen LogP contribution in [0.25, 0.3) is 0 Å². The summed E-state index contributed by atoms with van der Waals surface area (Å²) < 4.78 is 0. The number of aliphatic hydroxyl groups is 3. The number of hydrogen-bond donors (Lipinski definition) is 4. The number of aliphatic hydroxyl groups excluding tert-OH is 3. The third-order valence-corrected chi connectivity index (χ3v) is 2.17. The maximum Gasteiger partial charge on any atom is 0.106 e. The fraction of sp³-hybridized carbons (Fsp3) is 0.500. The fourth-order valence-corrected chi connectivity index (χ4v) is 1.31. The second-order valence-corrected chi connectivity index (χ2v) is 3.37. The summed E-state index contributed by atoms with van der Waals surface area (Å²) in [5.41, 5.74) is 6.37. The van der Waals surface area contributed by atoms with Crippen LogP contribution in [0.5, 0.6) is 0 Å². The fourth-order valence-electron chi connectivity index (χ4n) is 1.31. The van der Waals surface area contributed by atoms with E-state index in [1.807, 2.05) is 0 Å². The molecule has 0 saturated heterocycles. The molecule has 0 radical (unpaired) electrons. The summed E-state index contributed by atoms with van der Waals surface area (Å²) in [5, 5.41) is 28.1. The third-order valence-electron chi connectivity index (χ3n) is 2.17. The van der Waals surface area contributed by atoms with Crippen LogP contribution in [0, 0.1) is 0 Å². The molecule has 84 valence electrons. The van der Waals surface area contributed by atoms with Crippen molar-refractivity contribution in [3.63, 3.8) is 0 Å². The second kappa shape index (κ2) is 5.77. The third kappa shape index (κ3) is 3.24. The lowest BCUT2D eigenvalue weighted by Crippen LogP contribution is -2.22. The zero-order chi connectivity index (χ0) is 11.3. The number of rotatable bonds is 5. The van der Waals surface area contributed by atoms with Gasteiger partial charge in [-0.15, -0.1) is 0 Å². The van der Waals surface area contributed by atoms with Crippen molar-refractivity contribution in [2.45, 2.75) is 25.2 Å². The standard InChI is InChI=1S/C10H16N2O3/c11-2-1-9(14)10(15)8-3-7(6-13)4-12-5-8/h3-5,9-10,13-15H,1-2,6,11H2. The van der Waals surface area contributed by atoms with Gasteiger partial charge in [-0.3, -0.25) is 4.98 Å². The van der Waals surface area contributed by atoms with Crippen LogP contribution in [0.4, 0.5) is 0 Å². The first-order valence-corrected chi connectivity index (χ1v) is 4.80. The molecule has 2 unspecified atom stereocenters. The first-order valence-electron chi connectivity index (χ1n) is 4.80. The Labute approximate surface area is 88.2 Å². The first kappa shape index (κ1) is 12.1. The van der Waals surface area contributed by atoms with Crippen molar-refractivity contribution in [1.29, 1.82) is 0 Å². The predicted octanol–water partition coefficient (Wildman–Crippen LogP) is -0.683. The highest BCUT2D eigenvalue weighted by Gasteiger charge is 2.17. The van der Waals surface area contributed by atoms with Gasteiger partial charge in [0.1, 0.15) is 6.10 Å². The molecule has 15 heavy (non-hydrogen) atoms. The maximum atomic E-state index is 9.71. The topological polar surface area (TPSA) is 99.6 Å². The molecule has 5 N–H and O–H groups in total. The average Bonchev–Trinajstić information content (AvgIpc) is 2.28. The molecule has 0 spiro atoms. The van der Waals surface area contributed by atoms with Crippen molar-refractivity contribution >= 4 is 0 Å². The van der Waals surface area contributed by atoms with E-state index in [2.05, 4.69) is 4.98 Å². The zero-order valence-corrected chi connectivity index (χ0v) is 8.37. The van der Waals surface area contributed by atoms with Gasteiger partial charge in [-0.25, -0.2) is 0 Å².